The lowest BCUT2D eigenvalue weighted by atomic mass is 10.1. The minimum Gasteiger partial charge on any atom is -0.485 e. The number of hydrogen-bond acceptors (Lipinski definition) is 2. The molecule has 0 aliphatic carbocycles. The number of ether oxygens (including phenoxy) is 1. The van der Waals surface area contributed by atoms with Crippen molar-refractivity contribution in [2.75, 3.05) is 6.54 Å². The monoisotopic (exact) mass is 277 g/mol. The number of nitrogens with two attached hydrogens (primary N) is 1. The molecule has 1 atom stereocenters. The summed E-state index contributed by atoms with van der Waals surface area (Å²) in [5.74, 6) is 0.912. The number of benzene rings is 3. The summed E-state index contributed by atoms with van der Waals surface area (Å²) in [6, 6.07) is 24.7. The summed E-state index contributed by atoms with van der Waals surface area (Å²) in [5, 5.41) is 2.33. The van der Waals surface area contributed by atoms with Crippen LogP contribution in [0.25, 0.3) is 10.8 Å². The maximum absolute atomic E-state index is 6.27. The third kappa shape index (κ3) is 3.06. The maximum atomic E-state index is 6.27. The van der Waals surface area contributed by atoms with E-state index >= 15 is 0 Å². The minimum atomic E-state index is -0.0120. The zero-order valence-corrected chi connectivity index (χ0v) is 11.9. The van der Waals surface area contributed by atoms with Crippen LogP contribution in [-0.4, -0.2) is 6.54 Å². The summed E-state index contributed by atoms with van der Waals surface area (Å²) in [5.41, 5.74) is 6.92. The van der Waals surface area contributed by atoms with Gasteiger partial charge in [-0.25, -0.2) is 0 Å². The Bertz CT molecular complexity index is 704. The summed E-state index contributed by atoms with van der Waals surface area (Å²) in [6.07, 6.45) is 0.787. The third-order valence-corrected chi connectivity index (χ3v) is 3.62. The van der Waals surface area contributed by atoms with Gasteiger partial charge in [-0.3, -0.25) is 0 Å². The van der Waals surface area contributed by atoms with Crippen molar-refractivity contribution in [1.82, 2.24) is 0 Å². The van der Waals surface area contributed by atoms with E-state index in [2.05, 4.69) is 30.3 Å². The van der Waals surface area contributed by atoms with Gasteiger partial charge in [0, 0.05) is 11.8 Å². The van der Waals surface area contributed by atoms with E-state index in [1.807, 2.05) is 42.5 Å². The topological polar surface area (TPSA) is 35.2 Å². The quantitative estimate of drug-likeness (QED) is 0.754. The lowest BCUT2D eigenvalue weighted by molar-refractivity contribution is 0.200. The van der Waals surface area contributed by atoms with Gasteiger partial charge >= 0.3 is 0 Å². The summed E-state index contributed by atoms with van der Waals surface area (Å²) >= 11 is 0. The van der Waals surface area contributed by atoms with Crippen molar-refractivity contribution in [3.05, 3.63) is 78.4 Å². The lowest BCUT2D eigenvalue weighted by Gasteiger charge is -2.20. The van der Waals surface area contributed by atoms with E-state index in [1.54, 1.807) is 0 Å². The molecule has 0 saturated heterocycles. The van der Waals surface area contributed by atoms with Gasteiger partial charge in [-0.05, 0) is 23.6 Å². The van der Waals surface area contributed by atoms with Gasteiger partial charge in [0.15, 0.2) is 0 Å². The standard InChI is InChI=1S/C19H19NO/c20-14-13-18(16-8-2-1-3-9-16)21-19-12-6-10-15-7-4-5-11-17(15)19/h1-12,18H,13-14,20H2/t18-/m1/s1. The van der Waals surface area contributed by atoms with Crippen LogP contribution in [0.1, 0.15) is 18.1 Å². The minimum absolute atomic E-state index is 0.0120. The molecule has 3 aromatic carbocycles. The average molecular weight is 277 g/mol. The van der Waals surface area contributed by atoms with Gasteiger partial charge in [-0.15, -0.1) is 0 Å². The van der Waals surface area contributed by atoms with Gasteiger partial charge in [-0.2, -0.15) is 0 Å². The van der Waals surface area contributed by atoms with Crippen LogP contribution in [0.3, 0.4) is 0 Å². The van der Waals surface area contributed by atoms with Gasteiger partial charge in [0.25, 0.3) is 0 Å². The average Bonchev–Trinajstić information content (AvgIpc) is 2.55. The number of rotatable bonds is 5. The third-order valence-electron chi connectivity index (χ3n) is 3.62. The molecular formula is C19H19NO. The first-order chi connectivity index (χ1) is 10.4. The van der Waals surface area contributed by atoms with Gasteiger partial charge < -0.3 is 10.5 Å². The van der Waals surface area contributed by atoms with E-state index in [-0.39, 0.29) is 6.10 Å². The van der Waals surface area contributed by atoms with Crippen molar-refractivity contribution < 1.29 is 4.74 Å². The van der Waals surface area contributed by atoms with Crippen LogP contribution in [0.2, 0.25) is 0 Å². The van der Waals surface area contributed by atoms with Crippen LogP contribution in [0.4, 0.5) is 0 Å². The fourth-order valence-corrected chi connectivity index (χ4v) is 2.56. The molecule has 0 aliphatic heterocycles. The smallest absolute Gasteiger partial charge is 0.128 e. The predicted molar refractivity (Wildman–Crippen MR) is 87.4 cm³/mol. The van der Waals surface area contributed by atoms with E-state index in [0.717, 1.165) is 23.1 Å². The predicted octanol–water partition coefficient (Wildman–Crippen LogP) is 4.31. The molecule has 3 aromatic rings. The highest BCUT2D eigenvalue weighted by atomic mass is 16.5. The second-order valence-corrected chi connectivity index (χ2v) is 5.07. The van der Waals surface area contributed by atoms with Crippen LogP contribution < -0.4 is 10.5 Å². The zero-order valence-electron chi connectivity index (χ0n) is 11.9. The highest BCUT2D eigenvalue weighted by molar-refractivity contribution is 5.88. The van der Waals surface area contributed by atoms with E-state index in [9.17, 15) is 0 Å². The fraction of sp³-hybridized carbons (Fsp3) is 0.158. The molecule has 2 N–H and O–H groups in total. The Morgan fingerprint density at radius 3 is 2.33 bits per heavy atom. The van der Waals surface area contributed by atoms with Crippen LogP contribution in [0, 0.1) is 0 Å². The molecule has 106 valence electrons. The molecule has 0 spiro atoms. The van der Waals surface area contributed by atoms with Crippen molar-refractivity contribution >= 4 is 10.8 Å². The highest BCUT2D eigenvalue weighted by Crippen LogP contribution is 2.30. The van der Waals surface area contributed by atoms with E-state index in [1.165, 1.54) is 5.39 Å². The molecule has 0 aromatic heterocycles. The van der Waals surface area contributed by atoms with Crippen molar-refractivity contribution in [2.45, 2.75) is 12.5 Å². The maximum Gasteiger partial charge on any atom is 0.128 e. The van der Waals surface area contributed by atoms with Crippen LogP contribution in [0.15, 0.2) is 72.8 Å². The van der Waals surface area contributed by atoms with Crippen molar-refractivity contribution in [3.8, 4) is 5.75 Å². The molecule has 0 radical (unpaired) electrons. The van der Waals surface area contributed by atoms with Crippen molar-refractivity contribution in [1.29, 1.82) is 0 Å². The summed E-state index contributed by atoms with van der Waals surface area (Å²) in [6.45, 7) is 0.602. The van der Waals surface area contributed by atoms with Gasteiger partial charge in [0.05, 0.1) is 0 Å². The van der Waals surface area contributed by atoms with Crippen molar-refractivity contribution in [2.24, 2.45) is 5.73 Å². The van der Waals surface area contributed by atoms with Crippen LogP contribution in [-0.2, 0) is 0 Å². The molecule has 0 heterocycles. The second kappa shape index (κ2) is 6.42. The normalized spacial score (nSPS) is 12.2. The number of hydrogen-bond donors (Lipinski definition) is 1. The first-order valence-electron chi connectivity index (χ1n) is 7.28. The molecule has 2 nitrogen and oxygen atoms in total. The molecular weight excluding hydrogens is 258 g/mol. The molecule has 2 heteroatoms. The Morgan fingerprint density at radius 1 is 0.810 bits per heavy atom. The first-order valence-corrected chi connectivity index (χ1v) is 7.28. The highest BCUT2D eigenvalue weighted by Gasteiger charge is 2.13. The largest absolute Gasteiger partial charge is 0.485 e. The molecule has 3 rings (SSSR count). The van der Waals surface area contributed by atoms with E-state index < -0.39 is 0 Å². The number of fused-ring (bicyclic) bond motifs is 1. The van der Waals surface area contributed by atoms with Crippen LogP contribution >= 0.6 is 0 Å². The Kier molecular flexibility index (Phi) is 4.17. The Balaban J connectivity index is 1.95. The molecule has 0 aliphatic rings. The van der Waals surface area contributed by atoms with Crippen LogP contribution in [0.5, 0.6) is 5.75 Å². The molecule has 0 fully saturated rings. The zero-order chi connectivity index (χ0) is 14.5. The van der Waals surface area contributed by atoms with Crippen molar-refractivity contribution in [3.63, 3.8) is 0 Å². The molecule has 0 unspecified atom stereocenters. The van der Waals surface area contributed by atoms with Gasteiger partial charge in [0.2, 0.25) is 0 Å². The molecule has 21 heavy (non-hydrogen) atoms. The summed E-state index contributed by atoms with van der Waals surface area (Å²) < 4.78 is 6.27. The lowest BCUT2D eigenvalue weighted by Crippen LogP contribution is -2.13. The summed E-state index contributed by atoms with van der Waals surface area (Å²) in [7, 11) is 0. The van der Waals surface area contributed by atoms with Gasteiger partial charge in [0.1, 0.15) is 11.9 Å². The Hall–Kier alpha value is -2.32. The Labute approximate surface area is 125 Å². The molecule has 0 bridgehead atoms. The second-order valence-electron chi connectivity index (χ2n) is 5.07. The van der Waals surface area contributed by atoms with E-state index in [0.29, 0.717) is 6.54 Å². The first kappa shape index (κ1) is 13.7. The van der Waals surface area contributed by atoms with E-state index in [4.69, 9.17) is 10.5 Å². The SMILES string of the molecule is NCC[C@@H](Oc1cccc2ccccc12)c1ccccc1. The molecule has 0 amide bonds. The van der Waals surface area contributed by atoms with Gasteiger partial charge in [-0.1, -0.05) is 66.7 Å². The Morgan fingerprint density at radius 2 is 1.52 bits per heavy atom. The molecule has 0 saturated carbocycles. The summed E-state index contributed by atoms with van der Waals surface area (Å²) in [4.78, 5) is 0. The fourth-order valence-electron chi connectivity index (χ4n) is 2.56.